The molecule has 0 bridgehead atoms. The van der Waals surface area contributed by atoms with Gasteiger partial charge in [0.2, 0.25) is 0 Å². The van der Waals surface area contributed by atoms with E-state index in [1.165, 1.54) is 16.7 Å². The van der Waals surface area contributed by atoms with Gasteiger partial charge in [0.25, 0.3) is 15.7 Å². The van der Waals surface area contributed by atoms with Crippen LogP contribution < -0.4 is 5.69 Å². The van der Waals surface area contributed by atoms with E-state index in [0.29, 0.717) is 10.5 Å². The lowest BCUT2D eigenvalue weighted by Crippen LogP contribution is -2.32. The molecule has 0 radical (unpaired) electrons. The van der Waals surface area contributed by atoms with Crippen LogP contribution in [-0.2, 0) is 10.0 Å². The van der Waals surface area contributed by atoms with Gasteiger partial charge in [-0.05, 0) is 43.2 Å². The number of nitrogens with zero attached hydrogens (tertiary/aromatic N) is 3. The molecule has 2 aromatic carbocycles. The Morgan fingerprint density at radius 1 is 1.00 bits per heavy atom. The molecule has 3 aromatic rings. The highest BCUT2D eigenvalue weighted by Gasteiger charge is 2.29. The first-order valence-corrected chi connectivity index (χ1v) is 11.0. The van der Waals surface area contributed by atoms with E-state index in [1.807, 2.05) is 0 Å². The van der Waals surface area contributed by atoms with Crippen molar-refractivity contribution in [3.05, 3.63) is 68.1 Å². The maximum atomic E-state index is 13.3. The molecule has 29 heavy (non-hydrogen) atoms. The molecule has 8 nitrogen and oxygen atoms in total. The zero-order valence-electron chi connectivity index (χ0n) is 15.3. The lowest BCUT2D eigenvalue weighted by atomic mass is 9.95. The predicted octanol–water partition coefficient (Wildman–Crippen LogP) is 4.11. The second kappa shape index (κ2) is 7.31. The third kappa shape index (κ3) is 3.34. The average Bonchev–Trinajstić information content (AvgIpc) is 3.00. The third-order valence-electron chi connectivity index (χ3n) is 5.32. The molecule has 0 atom stereocenters. The number of fused-ring (bicyclic) bond motifs is 1. The quantitative estimate of drug-likeness (QED) is 0.453. The van der Waals surface area contributed by atoms with Gasteiger partial charge < -0.3 is 0 Å². The van der Waals surface area contributed by atoms with Crippen molar-refractivity contribution in [1.82, 2.24) is 8.54 Å². The van der Waals surface area contributed by atoms with Gasteiger partial charge in [-0.1, -0.05) is 30.9 Å². The van der Waals surface area contributed by atoms with Crippen LogP contribution in [0.15, 0.2) is 52.2 Å². The van der Waals surface area contributed by atoms with Crippen molar-refractivity contribution >= 4 is 38.3 Å². The lowest BCUT2D eigenvalue weighted by molar-refractivity contribution is -0.384. The molecule has 0 saturated heterocycles. The smallest absolute Gasteiger partial charge is 0.288 e. The summed E-state index contributed by atoms with van der Waals surface area (Å²) in [7, 11) is -4.25. The Bertz CT molecular complexity index is 1260. The standard InChI is InChI=1S/C19H18ClN3O5S/c20-13-6-11-17-18(12-13)21(14-4-2-1-3-5-14)19(24)22(17)29(27,28)16-9-7-15(8-10-16)23(25)26/h6-12,14H,1-5H2. The monoisotopic (exact) mass is 435 g/mol. The summed E-state index contributed by atoms with van der Waals surface area (Å²) in [6, 6.07) is 9.06. The SMILES string of the molecule is O=c1n(C2CCCCC2)c2cc(Cl)ccc2n1S(=O)(=O)c1ccc([N+](=O)[O-])cc1. The van der Waals surface area contributed by atoms with Gasteiger partial charge in [-0.15, -0.1) is 0 Å². The molecule has 0 unspecified atom stereocenters. The normalized spacial score (nSPS) is 15.6. The maximum absolute atomic E-state index is 13.3. The van der Waals surface area contributed by atoms with Gasteiger partial charge >= 0.3 is 5.69 Å². The Balaban J connectivity index is 1.94. The van der Waals surface area contributed by atoms with E-state index in [9.17, 15) is 23.3 Å². The second-order valence-corrected chi connectivity index (χ2v) is 9.32. The maximum Gasteiger partial charge on any atom is 0.343 e. The number of nitro benzene ring substituents is 1. The molecular formula is C19H18ClN3O5S. The van der Waals surface area contributed by atoms with Crippen LogP contribution in [-0.4, -0.2) is 21.9 Å². The Morgan fingerprint density at radius 2 is 1.66 bits per heavy atom. The summed E-state index contributed by atoms with van der Waals surface area (Å²) in [6.07, 6.45) is 4.62. The van der Waals surface area contributed by atoms with Crippen LogP contribution in [0.5, 0.6) is 0 Å². The molecule has 0 N–H and O–H groups in total. The van der Waals surface area contributed by atoms with E-state index in [-0.39, 0.29) is 22.1 Å². The topological polar surface area (TPSA) is 104 Å². The van der Waals surface area contributed by atoms with Crippen LogP contribution in [0, 0.1) is 10.1 Å². The number of hydrogen-bond donors (Lipinski definition) is 0. The van der Waals surface area contributed by atoms with E-state index in [1.54, 1.807) is 6.07 Å². The number of benzene rings is 2. The molecule has 10 heteroatoms. The molecule has 1 aliphatic rings. The zero-order chi connectivity index (χ0) is 20.8. The van der Waals surface area contributed by atoms with Crippen molar-refractivity contribution in [3.63, 3.8) is 0 Å². The summed E-state index contributed by atoms with van der Waals surface area (Å²) in [5.74, 6) is 0. The van der Waals surface area contributed by atoms with Gasteiger partial charge in [0.15, 0.2) is 0 Å². The first-order chi connectivity index (χ1) is 13.8. The number of nitro groups is 1. The average molecular weight is 436 g/mol. The lowest BCUT2D eigenvalue weighted by Gasteiger charge is -2.22. The summed E-state index contributed by atoms with van der Waals surface area (Å²) in [4.78, 5) is 23.3. The first-order valence-electron chi connectivity index (χ1n) is 9.23. The number of rotatable bonds is 4. The number of non-ortho nitro benzene ring substituents is 1. The van der Waals surface area contributed by atoms with Crippen LogP contribution >= 0.6 is 11.6 Å². The van der Waals surface area contributed by atoms with E-state index < -0.39 is 20.6 Å². The minimum Gasteiger partial charge on any atom is -0.288 e. The van der Waals surface area contributed by atoms with E-state index >= 15 is 0 Å². The molecule has 1 heterocycles. The fourth-order valence-corrected chi connectivity index (χ4v) is 5.50. The van der Waals surface area contributed by atoms with Crippen molar-refractivity contribution in [2.24, 2.45) is 0 Å². The highest BCUT2D eigenvalue weighted by molar-refractivity contribution is 7.90. The Kier molecular flexibility index (Phi) is 4.95. The highest BCUT2D eigenvalue weighted by atomic mass is 35.5. The second-order valence-electron chi connectivity index (χ2n) is 7.10. The molecular weight excluding hydrogens is 418 g/mol. The van der Waals surface area contributed by atoms with Crippen LogP contribution in [0.2, 0.25) is 5.02 Å². The van der Waals surface area contributed by atoms with Crippen molar-refractivity contribution in [2.45, 2.75) is 43.0 Å². The van der Waals surface area contributed by atoms with Gasteiger partial charge in [-0.3, -0.25) is 14.7 Å². The Morgan fingerprint density at radius 3 is 2.28 bits per heavy atom. The zero-order valence-corrected chi connectivity index (χ0v) is 16.9. The fourth-order valence-electron chi connectivity index (χ4n) is 3.93. The van der Waals surface area contributed by atoms with Crippen LogP contribution in [0.25, 0.3) is 11.0 Å². The number of aromatic nitrogens is 2. The minimum absolute atomic E-state index is 0.0921. The molecule has 1 fully saturated rings. The Labute approximate surface area is 171 Å². The van der Waals surface area contributed by atoms with E-state index in [0.717, 1.165) is 60.3 Å². The Hall–Kier alpha value is -2.65. The molecule has 0 aliphatic heterocycles. The summed E-state index contributed by atoms with van der Waals surface area (Å²) >= 11 is 6.13. The number of imidazole rings is 1. The fraction of sp³-hybridized carbons (Fsp3) is 0.316. The van der Waals surface area contributed by atoms with Gasteiger partial charge in [-0.2, -0.15) is 3.97 Å². The number of hydrogen-bond acceptors (Lipinski definition) is 5. The van der Waals surface area contributed by atoms with Crippen molar-refractivity contribution in [3.8, 4) is 0 Å². The molecule has 0 amide bonds. The van der Waals surface area contributed by atoms with Crippen molar-refractivity contribution in [1.29, 1.82) is 0 Å². The summed E-state index contributed by atoms with van der Waals surface area (Å²) in [5.41, 5.74) is -0.163. The van der Waals surface area contributed by atoms with Crippen molar-refractivity contribution in [2.75, 3.05) is 0 Å². The van der Waals surface area contributed by atoms with Gasteiger partial charge in [-0.25, -0.2) is 13.2 Å². The third-order valence-corrected chi connectivity index (χ3v) is 7.26. The summed E-state index contributed by atoms with van der Waals surface area (Å²) < 4.78 is 28.9. The molecule has 0 spiro atoms. The summed E-state index contributed by atoms with van der Waals surface area (Å²) in [6.45, 7) is 0. The van der Waals surface area contributed by atoms with Crippen LogP contribution in [0.3, 0.4) is 0 Å². The largest absolute Gasteiger partial charge is 0.343 e. The van der Waals surface area contributed by atoms with E-state index in [4.69, 9.17) is 11.6 Å². The number of halogens is 1. The van der Waals surface area contributed by atoms with Gasteiger partial charge in [0.1, 0.15) is 0 Å². The summed E-state index contributed by atoms with van der Waals surface area (Å²) in [5, 5.41) is 11.3. The van der Waals surface area contributed by atoms with Gasteiger partial charge in [0.05, 0.1) is 20.9 Å². The molecule has 4 rings (SSSR count). The van der Waals surface area contributed by atoms with Crippen LogP contribution in [0.4, 0.5) is 5.69 Å². The van der Waals surface area contributed by atoms with Gasteiger partial charge in [0, 0.05) is 23.2 Å². The first kappa shape index (κ1) is 19.7. The molecule has 1 aromatic heterocycles. The molecule has 1 saturated carbocycles. The van der Waals surface area contributed by atoms with E-state index in [2.05, 4.69) is 0 Å². The molecule has 1 aliphatic carbocycles. The van der Waals surface area contributed by atoms with Crippen LogP contribution in [0.1, 0.15) is 38.1 Å². The molecule has 152 valence electrons. The minimum atomic E-state index is -4.25. The predicted molar refractivity (Wildman–Crippen MR) is 109 cm³/mol. The van der Waals surface area contributed by atoms with Crippen molar-refractivity contribution < 1.29 is 13.3 Å². The highest BCUT2D eigenvalue weighted by Crippen LogP contribution is 2.32.